The lowest BCUT2D eigenvalue weighted by atomic mass is 10.5. The molecule has 0 atom stereocenters. The van der Waals surface area contributed by atoms with Crippen LogP contribution in [0.5, 0.6) is 0 Å². The maximum Gasteiger partial charge on any atom is 0.315 e. The van der Waals surface area contributed by atoms with Gasteiger partial charge >= 0.3 is 6.43 Å². The van der Waals surface area contributed by atoms with Gasteiger partial charge in [-0.2, -0.15) is 8.78 Å². The van der Waals surface area contributed by atoms with Gasteiger partial charge in [0, 0.05) is 14.1 Å². The van der Waals surface area contributed by atoms with E-state index >= 15 is 0 Å². The standard InChI is InChI=1S/C6H10F2N2O2/c1-10(2)4(11)3-9-6(12)5(7)8/h5H,3H2,1-2H3,(H,9,12). The summed E-state index contributed by atoms with van der Waals surface area (Å²) < 4.78 is 23.1. The Morgan fingerprint density at radius 2 is 1.92 bits per heavy atom. The number of nitrogens with one attached hydrogen (secondary N) is 1. The fourth-order valence-corrected chi connectivity index (χ4v) is 0.398. The molecule has 12 heavy (non-hydrogen) atoms. The zero-order valence-electron chi connectivity index (χ0n) is 6.80. The molecule has 0 fully saturated rings. The summed E-state index contributed by atoms with van der Waals surface area (Å²) in [5, 5.41) is 1.78. The van der Waals surface area contributed by atoms with Crippen LogP contribution < -0.4 is 5.32 Å². The van der Waals surface area contributed by atoms with E-state index in [-0.39, 0.29) is 0 Å². The monoisotopic (exact) mass is 180 g/mol. The quantitative estimate of drug-likeness (QED) is 0.633. The molecular weight excluding hydrogens is 170 g/mol. The molecule has 0 unspecified atom stereocenters. The Balaban J connectivity index is 3.69. The van der Waals surface area contributed by atoms with Crippen molar-refractivity contribution < 1.29 is 18.4 Å². The molecule has 0 rings (SSSR count). The van der Waals surface area contributed by atoms with Crippen LogP contribution in [0.15, 0.2) is 0 Å². The molecule has 0 spiro atoms. The zero-order chi connectivity index (χ0) is 9.72. The highest BCUT2D eigenvalue weighted by molar-refractivity contribution is 5.85. The summed E-state index contributed by atoms with van der Waals surface area (Å²) in [7, 11) is 2.94. The molecule has 70 valence electrons. The number of hydrogen-bond acceptors (Lipinski definition) is 2. The largest absolute Gasteiger partial charge is 0.347 e. The molecule has 4 nitrogen and oxygen atoms in total. The van der Waals surface area contributed by atoms with Crippen molar-refractivity contribution in [3.8, 4) is 0 Å². The Hall–Kier alpha value is -1.20. The van der Waals surface area contributed by atoms with Crippen molar-refractivity contribution in [3.63, 3.8) is 0 Å². The van der Waals surface area contributed by atoms with Crippen molar-refractivity contribution >= 4 is 11.8 Å². The summed E-state index contributed by atoms with van der Waals surface area (Å²) in [6, 6.07) is 0. The van der Waals surface area contributed by atoms with Crippen LogP contribution >= 0.6 is 0 Å². The highest BCUT2D eigenvalue weighted by Crippen LogP contribution is 1.90. The molecule has 0 aromatic heterocycles. The summed E-state index contributed by atoms with van der Waals surface area (Å²) in [6.07, 6.45) is -3.07. The molecule has 1 N–H and O–H groups in total. The molecule has 0 aliphatic heterocycles. The molecule has 0 aliphatic carbocycles. The molecule has 6 heteroatoms. The third-order valence-electron chi connectivity index (χ3n) is 1.11. The maximum atomic E-state index is 11.5. The van der Waals surface area contributed by atoms with Gasteiger partial charge in [0.15, 0.2) is 0 Å². The van der Waals surface area contributed by atoms with Gasteiger partial charge in [0.25, 0.3) is 5.91 Å². The van der Waals surface area contributed by atoms with E-state index in [9.17, 15) is 18.4 Å². The molecule has 0 radical (unpaired) electrons. The zero-order valence-corrected chi connectivity index (χ0v) is 6.80. The maximum absolute atomic E-state index is 11.5. The number of likely N-dealkylation sites (N-methyl/N-ethyl adjacent to an activating group) is 1. The number of amides is 2. The second kappa shape index (κ2) is 4.63. The van der Waals surface area contributed by atoms with E-state index in [1.807, 2.05) is 0 Å². The van der Waals surface area contributed by atoms with Crippen molar-refractivity contribution in [2.45, 2.75) is 6.43 Å². The molecule has 0 aromatic rings. The Morgan fingerprint density at radius 1 is 1.42 bits per heavy atom. The lowest BCUT2D eigenvalue weighted by Gasteiger charge is -2.10. The van der Waals surface area contributed by atoms with Gasteiger partial charge in [-0.3, -0.25) is 9.59 Å². The number of halogens is 2. The highest BCUT2D eigenvalue weighted by Gasteiger charge is 2.15. The number of hydrogen-bond donors (Lipinski definition) is 1. The summed E-state index contributed by atoms with van der Waals surface area (Å²) in [6.45, 7) is -0.393. The summed E-state index contributed by atoms with van der Waals surface area (Å²) in [5.74, 6) is -1.85. The van der Waals surface area contributed by atoms with Gasteiger partial charge in [0.05, 0.1) is 6.54 Å². The van der Waals surface area contributed by atoms with Crippen LogP contribution in [0.3, 0.4) is 0 Å². The van der Waals surface area contributed by atoms with Crippen molar-refractivity contribution in [2.75, 3.05) is 20.6 Å². The number of alkyl halides is 2. The molecule has 0 saturated carbocycles. The number of carbonyl (C=O) groups excluding carboxylic acids is 2. The lowest BCUT2D eigenvalue weighted by Crippen LogP contribution is -2.38. The van der Waals surface area contributed by atoms with Crippen molar-refractivity contribution in [1.29, 1.82) is 0 Å². The van der Waals surface area contributed by atoms with Crippen molar-refractivity contribution in [3.05, 3.63) is 0 Å². The second-order valence-electron chi connectivity index (χ2n) is 2.31. The summed E-state index contributed by atoms with van der Waals surface area (Å²) >= 11 is 0. The van der Waals surface area contributed by atoms with E-state index in [4.69, 9.17) is 0 Å². The molecule has 0 heterocycles. The lowest BCUT2D eigenvalue weighted by molar-refractivity contribution is -0.135. The van der Waals surface area contributed by atoms with E-state index in [1.165, 1.54) is 19.0 Å². The second-order valence-corrected chi connectivity index (χ2v) is 2.31. The predicted molar refractivity (Wildman–Crippen MR) is 37.7 cm³/mol. The van der Waals surface area contributed by atoms with E-state index in [2.05, 4.69) is 0 Å². The van der Waals surface area contributed by atoms with Crippen LogP contribution in [0.1, 0.15) is 0 Å². The van der Waals surface area contributed by atoms with E-state index in [0.717, 1.165) is 0 Å². The molecule has 0 bridgehead atoms. The minimum atomic E-state index is -3.07. The van der Waals surface area contributed by atoms with Gasteiger partial charge in [-0.15, -0.1) is 0 Å². The van der Waals surface area contributed by atoms with Crippen LogP contribution in [-0.4, -0.2) is 43.8 Å². The average Bonchev–Trinajstić information content (AvgIpc) is 1.98. The predicted octanol–water partition coefficient (Wildman–Crippen LogP) is -0.544. The average molecular weight is 180 g/mol. The first kappa shape index (κ1) is 10.8. The van der Waals surface area contributed by atoms with Crippen LogP contribution in [-0.2, 0) is 9.59 Å². The molecule has 2 amide bonds. The van der Waals surface area contributed by atoms with E-state index in [1.54, 1.807) is 5.32 Å². The molecule has 0 aliphatic rings. The Bertz CT molecular complexity index is 162. The third-order valence-corrected chi connectivity index (χ3v) is 1.11. The van der Waals surface area contributed by atoms with Gasteiger partial charge in [-0.25, -0.2) is 0 Å². The fourth-order valence-electron chi connectivity index (χ4n) is 0.398. The highest BCUT2D eigenvalue weighted by atomic mass is 19.3. The summed E-state index contributed by atoms with van der Waals surface area (Å²) in [4.78, 5) is 22.2. The molecule has 0 saturated heterocycles. The van der Waals surface area contributed by atoms with Crippen LogP contribution in [0, 0.1) is 0 Å². The first-order chi connectivity index (χ1) is 5.45. The van der Waals surface area contributed by atoms with Crippen LogP contribution in [0.4, 0.5) is 8.78 Å². The molecular formula is C6H10F2N2O2. The number of nitrogens with zero attached hydrogens (tertiary/aromatic N) is 1. The first-order valence-electron chi connectivity index (χ1n) is 3.21. The number of rotatable bonds is 3. The fraction of sp³-hybridized carbons (Fsp3) is 0.667. The first-order valence-corrected chi connectivity index (χ1v) is 3.21. The van der Waals surface area contributed by atoms with Crippen LogP contribution in [0.25, 0.3) is 0 Å². The van der Waals surface area contributed by atoms with Gasteiger partial charge in [-0.1, -0.05) is 0 Å². The van der Waals surface area contributed by atoms with Gasteiger partial charge in [-0.05, 0) is 0 Å². The van der Waals surface area contributed by atoms with Crippen molar-refractivity contribution in [2.24, 2.45) is 0 Å². The SMILES string of the molecule is CN(C)C(=O)CNC(=O)C(F)F. The van der Waals surface area contributed by atoms with Gasteiger partial charge in [0.2, 0.25) is 5.91 Å². The normalized spacial score (nSPS) is 9.75. The summed E-state index contributed by atoms with van der Waals surface area (Å²) in [5.41, 5.74) is 0. The Kier molecular flexibility index (Phi) is 4.17. The minimum Gasteiger partial charge on any atom is -0.347 e. The van der Waals surface area contributed by atoms with E-state index < -0.39 is 24.8 Å². The Labute approximate surface area is 68.5 Å². The molecule has 0 aromatic carbocycles. The third kappa shape index (κ3) is 3.85. The van der Waals surface area contributed by atoms with Gasteiger partial charge in [0.1, 0.15) is 0 Å². The smallest absolute Gasteiger partial charge is 0.315 e. The Morgan fingerprint density at radius 3 is 2.25 bits per heavy atom. The number of carbonyl (C=O) groups is 2. The van der Waals surface area contributed by atoms with Crippen molar-refractivity contribution in [1.82, 2.24) is 10.2 Å². The minimum absolute atomic E-state index is 0.393. The topological polar surface area (TPSA) is 49.4 Å². The van der Waals surface area contributed by atoms with Gasteiger partial charge < -0.3 is 10.2 Å². The van der Waals surface area contributed by atoms with E-state index in [0.29, 0.717) is 0 Å². The van der Waals surface area contributed by atoms with Crippen LogP contribution in [0.2, 0.25) is 0 Å².